The van der Waals surface area contributed by atoms with Gasteiger partial charge in [-0.25, -0.2) is 0 Å². The number of rotatable bonds is 4. The fourth-order valence-electron chi connectivity index (χ4n) is 1.58. The van der Waals surface area contributed by atoms with Crippen molar-refractivity contribution >= 4 is 34.5 Å². The summed E-state index contributed by atoms with van der Waals surface area (Å²) in [6.07, 6.45) is 0.0307. The van der Waals surface area contributed by atoms with Crippen LogP contribution in [0.4, 0.5) is 0 Å². The summed E-state index contributed by atoms with van der Waals surface area (Å²) < 4.78 is 4.67. The quantitative estimate of drug-likeness (QED) is 0.934. The predicted octanol–water partition coefficient (Wildman–Crippen LogP) is 3.65. The third kappa shape index (κ3) is 3.04. The van der Waals surface area contributed by atoms with E-state index >= 15 is 0 Å². The minimum absolute atomic E-state index is 0.283. The summed E-state index contributed by atoms with van der Waals surface area (Å²) in [5, 5.41) is 14.3. The SMILES string of the molecule is CC(C)c1nnsc1C(O)Cc1ccc(Cl)s1. The van der Waals surface area contributed by atoms with Gasteiger partial charge in [0, 0.05) is 11.3 Å². The van der Waals surface area contributed by atoms with Crippen molar-refractivity contribution in [2.45, 2.75) is 32.3 Å². The summed E-state index contributed by atoms with van der Waals surface area (Å²) in [7, 11) is 0. The highest BCUT2D eigenvalue weighted by atomic mass is 35.5. The Balaban J connectivity index is 2.14. The maximum atomic E-state index is 10.2. The number of aromatic nitrogens is 2. The Morgan fingerprint density at radius 3 is 2.76 bits per heavy atom. The average Bonchev–Trinajstić information content (AvgIpc) is 2.86. The van der Waals surface area contributed by atoms with Crippen molar-refractivity contribution < 1.29 is 5.11 Å². The Morgan fingerprint density at radius 2 is 2.18 bits per heavy atom. The van der Waals surface area contributed by atoms with Gasteiger partial charge in [0.25, 0.3) is 0 Å². The number of nitrogens with zero attached hydrogens (tertiary/aromatic N) is 2. The Hall–Kier alpha value is -0.490. The molecule has 0 saturated heterocycles. The maximum absolute atomic E-state index is 10.2. The lowest BCUT2D eigenvalue weighted by atomic mass is 10.1. The molecular formula is C11H13ClN2OS2. The standard InChI is InChI=1S/C11H13ClN2OS2/c1-6(2)10-11(17-14-13-10)8(15)5-7-3-4-9(12)16-7/h3-4,6,8,15H,5H2,1-2H3. The molecule has 6 heteroatoms. The van der Waals surface area contributed by atoms with E-state index in [0.717, 1.165) is 19.8 Å². The van der Waals surface area contributed by atoms with Crippen LogP contribution in [0.15, 0.2) is 12.1 Å². The molecule has 1 atom stereocenters. The fourth-order valence-corrected chi connectivity index (χ4v) is 3.50. The molecule has 0 aliphatic carbocycles. The molecule has 2 rings (SSSR count). The van der Waals surface area contributed by atoms with Gasteiger partial charge in [0.15, 0.2) is 0 Å². The zero-order valence-electron chi connectivity index (χ0n) is 9.55. The number of aliphatic hydroxyl groups excluding tert-OH is 1. The molecular weight excluding hydrogens is 276 g/mol. The minimum Gasteiger partial charge on any atom is -0.387 e. The van der Waals surface area contributed by atoms with Crippen molar-refractivity contribution in [3.63, 3.8) is 0 Å². The summed E-state index contributed by atoms with van der Waals surface area (Å²) >= 11 is 8.63. The lowest BCUT2D eigenvalue weighted by Crippen LogP contribution is -2.03. The molecule has 2 aromatic rings. The summed E-state index contributed by atoms with van der Waals surface area (Å²) in [4.78, 5) is 1.94. The monoisotopic (exact) mass is 288 g/mol. The first-order valence-electron chi connectivity index (χ1n) is 5.32. The third-order valence-electron chi connectivity index (χ3n) is 2.41. The molecule has 0 aliphatic rings. The molecule has 0 fully saturated rings. The van der Waals surface area contributed by atoms with Crippen LogP contribution in [-0.2, 0) is 6.42 Å². The highest BCUT2D eigenvalue weighted by Crippen LogP contribution is 2.31. The van der Waals surface area contributed by atoms with Gasteiger partial charge in [-0.15, -0.1) is 16.4 Å². The van der Waals surface area contributed by atoms with E-state index in [-0.39, 0.29) is 5.92 Å². The zero-order valence-corrected chi connectivity index (χ0v) is 11.9. The second kappa shape index (κ2) is 5.44. The molecule has 0 spiro atoms. The van der Waals surface area contributed by atoms with Gasteiger partial charge in [0.05, 0.1) is 21.0 Å². The summed E-state index contributed by atoms with van der Waals surface area (Å²) in [6, 6.07) is 3.79. The van der Waals surface area contributed by atoms with Crippen LogP contribution in [0.2, 0.25) is 4.34 Å². The Morgan fingerprint density at radius 1 is 1.41 bits per heavy atom. The van der Waals surface area contributed by atoms with Crippen molar-refractivity contribution in [2.75, 3.05) is 0 Å². The van der Waals surface area contributed by atoms with E-state index in [4.69, 9.17) is 11.6 Å². The highest BCUT2D eigenvalue weighted by molar-refractivity contribution is 7.16. The fraction of sp³-hybridized carbons (Fsp3) is 0.455. The molecule has 0 radical (unpaired) electrons. The summed E-state index contributed by atoms with van der Waals surface area (Å²) in [5.74, 6) is 0.283. The molecule has 1 unspecified atom stereocenters. The van der Waals surface area contributed by atoms with Gasteiger partial charge in [-0.2, -0.15) is 0 Å². The molecule has 0 aromatic carbocycles. The second-order valence-electron chi connectivity index (χ2n) is 4.10. The second-order valence-corrected chi connectivity index (χ2v) is 6.69. The molecule has 92 valence electrons. The van der Waals surface area contributed by atoms with E-state index in [1.165, 1.54) is 22.9 Å². The molecule has 1 N–H and O–H groups in total. The maximum Gasteiger partial charge on any atom is 0.0965 e. The third-order valence-corrected chi connectivity index (χ3v) is 4.51. The van der Waals surface area contributed by atoms with Gasteiger partial charge in [-0.3, -0.25) is 0 Å². The minimum atomic E-state index is -0.540. The molecule has 2 aromatic heterocycles. The van der Waals surface area contributed by atoms with Crippen LogP contribution in [0, 0.1) is 0 Å². The first-order valence-corrected chi connectivity index (χ1v) is 7.29. The van der Waals surface area contributed by atoms with Crippen LogP contribution < -0.4 is 0 Å². The predicted molar refractivity (Wildman–Crippen MR) is 72.0 cm³/mol. The van der Waals surface area contributed by atoms with Gasteiger partial charge < -0.3 is 5.11 Å². The number of halogens is 1. The van der Waals surface area contributed by atoms with Crippen LogP contribution >= 0.6 is 34.5 Å². The Bertz CT molecular complexity index is 495. The van der Waals surface area contributed by atoms with Gasteiger partial charge in [-0.1, -0.05) is 29.9 Å². The first kappa shape index (κ1) is 13.0. The number of hydrogen-bond donors (Lipinski definition) is 1. The van der Waals surface area contributed by atoms with Crippen LogP contribution in [0.25, 0.3) is 0 Å². The van der Waals surface area contributed by atoms with Gasteiger partial charge in [0.2, 0.25) is 0 Å². The Kier molecular flexibility index (Phi) is 4.14. The van der Waals surface area contributed by atoms with Crippen molar-refractivity contribution in [1.82, 2.24) is 9.59 Å². The number of aliphatic hydroxyl groups is 1. The molecule has 0 saturated carbocycles. The molecule has 3 nitrogen and oxygen atoms in total. The van der Waals surface area contributed by atoms with Crippen molar-refractivity contribution in [2.24, 2.45) is 0 Å². The molecule has 17 heavy (non-hydrogen) atoms. The average molecular weight is 289 g/mol. The topological polar surface area (TPSA) is 46.0 Å². The lowest BCUT2D eigenvalue weighted by Gasteiger charge is -2.09. The van der Waals surface area contributed by atoms with E-state index in [0.29, 0.717) is 6.42 Å². The van der Waals surface area contributed by atoms with E-state index in [2.05, 4.69) is 23.4 Å². The smallest absolute Gasteiger partial charge is 0.0965 e. The van der Waals surface area contributed by atoms with Crippen LogP contribution in [0.5, 0.6) is 0 Å². The summed E-state index contributed by atoms with van der Waals surface area (Å²) in [6.45, 7) is 4.10. The van der Waals surface area contributed by atoms with Gasteiger partial charge in [0.1, 0.15) is 0 Å². The lowest BCUT2D eigenvalue weighted by molar-refractivity contribution is 0.181. The van der Waals surface area contributed by atoms with Crippen LogP contribution in [0.1, 0.15) is 41.3 Å². The van der Waals surface area contributed by atoms with E-state index in [1.54, 1.807) is 0 Å². The van der Waals surface area contributed by atoms with Crippen LogP contribution in [-0.4, -0.2) is 14.7 Å². The van der Waals surface area contributed by atoms with E-state index in [9.17, 15) is 5.11 Å². The molecule has 0 amide bonds. The molecule has 2 heterocycles. The summed E-state index contributed by atoms with van der Waals surface area (Å²) in [5.41, 5.74) is 0.894. The van der Waals surface area contributed by atoms with E-state index < -0.39 is 6.10 Å². The molecule has 0 aliphatic heterocycles. The molecule has 0 bridgehead atoms. The normalized spacial score (nSPS) is 13.2. The largest absolute Gasteiger partial charge is 0.387 e. The van der Waals surface area contributed by atoms with Crippen LogP contribution in [0.3, 0.4) is 0 Å². The first-order chi connectivity index (χ1) is 8.08. The van der Waals surface area contributed by atoms with Crippen molar-refractivity contribution in [1.29, 1.82) is 0 Å². The van der Waals surface area contributed by atoms with Crippen molar-refractivity contribution in [3.05, 3.63) is 31.9 Å². The Labute approximate surface area is 113 Å². The number of hydrogen-bond acceptors (Lipinski definition) is 5. The van der Waals surface area contributed by atoms with E-state index in [1.807, 2.05) is 12.1 Å². The number of thiophene rings is 1. The zero-order chi connectivity index (χ0) is 12.4. The van der Waals surface area contributed by atoms with Crippen molar-refractivity contribution in [3.8, 4) is 0 Å². The van der Waals surface area contributed by atoms with Gasteiger partial charge >= 0.3 is 0 Å². The highest BCUT2D eigenvalue weighted by Gasteiger charge is 2.19. The van der Waals surface area contributed by atoms with Gasteiger partial charge in [-0.05, 0) is 29.6 Å².